The van der Waals surface area contributed by atoms with Crippen molar-refractivity contribution in [3.8, 4) is 5.75 Å². The Bertz CT molecular complexity index is 593. The van der Waals surface area contributed by atoms with E-state index in [1.807, 2.05) is 13.0 Å². The molecule has 0 saturated heterocycles. The van der Waals surface area contributed by atoms with Crippen LogP contribution in [0.4, 0.5) is 0 Å². The van der Waals surface area contributed by atoms with Crippen molar-refractivity contribution >= 4 is 15.9 Å². The number of benzene rings is 2. The fraction of sp³-hybridized carbons (Fsp3) is 0.294. The molecule has 0 fully saturated rings. The minimum absolute atomic E-state index is 0.0791. The van der Waals surface area contributed by atoms with Crippen molar-refractivity contribution in [1.29, 1.82) is 0 Å². The highest BCUT2D eigenvalue weighted by Gasteiger charge is 2.14. The highest BCUT2D eigenvalue weighted by molar-refractivity contribution is 9.10. The van der Waals surface area contributed by atoms with E-state index >= 15 is 0 Å². The van der Waals surface area contributed by atoms with Crippen LogP contribution in [0.2, 0.25) is 0 Å². The number of ether oxygens (including phenoxy) is 1. The third-order valence-electron chi connectivity index (χ3n) is 3.49. The lowest BCUT2D eigenvalue weighted by molar-refractivity contribution is 0.405. The first kappa shape index (κ1) is 15.1. The Morgan fingerprint density at radius 3 is 2.40 bits per heavy atom. The molecule has 2 rings (SSSR count). The van der Waals surface area contributed by atoms with Crippen LogP contribution in [0.3, 0.4) is 0 Å². The van der Waals surface area contributed by atoms with Gasteiger partial charge in [0.2, 0.25) is 0 Å². The number of methoxy groups -OCH3 is 1. The van der Waals surface area contributed by atoms with E-state index in [0.717, 1.165) is 27.8 Å². The number of halogens is 1. The fourth-order valence-corrected chi connectivity index (χ4v) is 2.59. The summed E-state index contributed by atoms with van der Waals surface area (Å²) >= 11 is 3.56. The van der Waals surface area contributed by atoms with Gasteiger partial charge in [-0.2, -0.15) is 0 Å². The summed E-state index contributed by atoms with van der Waals surface area (Å²) in [5.74, 6) is 0.852. The van der Waals surface area contributed by atoms with E-state index in [1.165, 1.54) is 11.1 Å². The van der Waals surface area contributed by atoms with Gasteiger partial charge in [0.05, 0.1) is 7.11 Å². The smallest absolute Gasteiger partial charge is 0.123 e. The van der Waals surface area contributed by atoms with Crippen molar-refractivity contribution in [3.63, 3.8) is 0 Å². The zero-order valence-electron chi connectivity index (χ0n) is 12.1. The van der Waals surface area contributed by atoms with E-state index in [2.05, 4.69) is 53.2 Å². The molecule has 0 saturated carbocycles. The Balaban J connectivity index is 2.26. The van der Waals surface area contributed by atoms with Gasteiger partial charge >= 0.3 is 0 Å². The Morgan fingerprint density at radius 1 is 1.15 bits per heavy atom. The topological polar surface area (TPSA) is 35.2 Å². The largest absolute Gasteiger partial charge is 0.496 e. The molecule has 0 aromatic heterocycles. The summed E-state index contributed by atoms with van der Waals surface area (Å²) in [5, 5.41) is 0. The van der Waals surface area contributed by atoms with Crippen LogP contribution in [0.15, 0.2) is 40.9 Å². The van der Waals surface area contributed by atoms with Gasteiger partial charge in [-0.3, -0.25) is 0 Å². The van der Waals surface area contributed by atoms with Crippen LogP contribution in [-0.4, -0.2) is 7.11 Å². The molecular weight excluding hydrogens is 314 g/mol. The normalized spacial score (nSPS) is 12.2. The molecule has 0 amide bonds. The van der Waals surface area contributed by atoms with Gasteiger partial charge < -0.3 is 10.5 Å². The average molecular weight is 334 g/mol. The van der Waals surface area contributed by atoms with Gasteiger partial charge in [-0.15, -0.1) is 0 Å². The van der Waals surface area contributed by atoms with Gasteiger partial charge in [-0.05, 0) is 43.5 Å². The minimum Gasteiger partial charge on any atom is -0.496 e. The predicted octanol–water partition coefficient (Wildman–Crippen LogP) is 4.32. The molecule has 0 aliphatic heterocycles. The molecule has 2 N–H and O–H groups in total. The van der Waals surface area contributed by atoms with Crippen molar-refractivity contribution in [3.05, 3.63) is 63.1 Å². The second-order valence-corrected chi connectivity index (χ2v) is 5.99. The quantitative estimate of drug-likeness (QED) is 0.904. The molecule has 0 aliphatic carbocycles. The summed E-state index contributed by atoms with van der Waals surface area (Å²) in [6.07, 6.45) is 0.798. The number of hydrogen-bond acceptors (Lipinski definition) is 2. The zero-order valence-corrected chi connectivity index (χ0v) is 13.7. The van der Waals surface area contributed by atoms with Gasteiger partial charge in [-0.25, -0.2) is 0 Å². The molecule has 0 aliphatic rings. The van der Waals surface area contributed by atoms with Crippen LogP contribution in [-0.2, 0) is 6.42 Å². The van der Waals surface area contributed by atoms with Crippen LogP contribution in [0.25, 0.3) is 0 Å². The lowest BCUT2D eigenvalue weighted by Gasteiger charge is -2.17. The molecular formula is C17H20BrNO. The Labute approximate surface area is 129 Å². The number of rotatable bonds is 4. The molecule has 1 atom stereocenters. The summed E-state index contributed by atoms with van der Waals surface area (Å²) in [7, 11) is 1.69. The summed E-state index contributed by atoms with van der Waals surface area (Å²) in [5.41, 5.74) is 11.0. The average Bonchev–Trinajstić information content (AvgIpc) is 2.43. The first-order chi connectivity index (χ1) is 9.51. The van der Waals surface area contributed by atoms with E-state index in [1.54, 1.807) is 7.11 Å². The molecule has 0 spiro atoms. The second kappa shape index (κ2) is 6.42. The van der Waals surface area contributed by atoms with Crippen LogP contribution in [0, 0.1) is 13.8 Å². The Kier molecular flexibility index (Phi) is 4.84. The molecule has 106 valence electrons. The van der Waals surface area contributed by atoms with Crippen molar-refractivity contribution in [2.24, 2.45) is 5.73 Å². The van der Waals surface area contributed by atoms with Crippen LogP contribution in [0.5, 0.6) is 5.75 Å². The van der Waals surface area contributed by atoms with Crippen LogP contribution >= 0.6 is 15.9 Å². The molecule has 0 heterocycles. The fourth-order valence-electron chi connectivity index (χ4n) is 2.23. The van der Waals surface area contributed by atoms with E-state index in [-0.39, 0.29) is 6.04 Å². The third kappa shape index (κ3) is 3.41. The van der Waals surface area contributed by atoms with Gasteiger partial charge in [0.25, 0.3) is 0 Å². The summed E-state index contributed by atoms with van der Waals surface area (Å²) in [6, 6.07) is 12.5. The number of hydrogen-bond donors (Lipinski definition) is 1. The lowest BCUT2D eigenvalue weighted by atomic mass is 9.97. The molecule has 2 aromatic rings. The molecule has 0 bridgehead atoms. The van der Waals surface area contributed by atoms with E-state index in [0.29, 0.717) is 0 Å². The molecule has 0 radical (unpaired) electrons. The maximum atomic E-state index is 6.36. The monoisotopic (exact) mass is 333 g/mol. The first-order valence-electron chi connectivity index (χ1n) is 6.66. The van der Waals surface area contributed by atoms with Gasteiger partial charge in [0.15, 0.2) is 0 Å². The maximum absolute atomic E-state index is 6.36. The predicted molar refractivity (Wildman–Crippen MR) is 87.2 cm³/mol. The van der Waals surface area contributed by atoms with Crippen molar-refractivity contribution in [2.45, 2.75) is 26.3 Å². The van der Waals surface area contributed by atoms with Gasteiger partial charge in [-0.1, -0.05) is 45.8 Å². The zero-order chi connectivity index (χ0) is 14.7. The SMILES string of the molecule is COc1cc(C)c(Br)cc1C(N)Cc1ccc(C)cc1. The second-order valence-electron chi connectivity index (χ2n) is 5.14. The highest BCUT2D eigenvalue weighted by atomic mass is 79.9. The van der Waals surface area contributed by atoms with Crippen molar-refractivity contribution < 1.29 is 4.74 Å². The summed E-state index contributed by atoms with van der Waals surface area (Å²) in [4.78, 5) is 0. The number of nitrogens with two attached hydrogens (primary N) is 1. The maximum Gasteiger partial charge on any atom is 0.123 e. The van der Waals surface area contributed by atoms with E-state index in [9.17, 15) is 0 Å². The number of aryl methyl sites for hydroxylation is 2. The summed E-state index contributed by atoms with van der Waals surface area (Å²) < 4.78 is 6.52. The standard InChI is InChI=1S/C17H20BrNO/c1-11-4-6-13(7-5-11)9-16(19)14-10-15(18)12(2)8-17(14)20-3/h4-8,10,16H,9,19H2,1-3H3. The summed E-state index contributed by atoms with van der Waals surface area (Å²) in [6.45, 7) is 4.13. The van der Waals surface area contributed by atoms with E-state index < -0.39 is 0 Å². The molecule has 20 heavy (non-hydrogen) atoms. The lowest BCUT2D eigenvalue weighted by Crippen LogP contribution is -2.14. The van der Waals surface area contributed by atoms with Crippen LogP contribution in [0.1, 0.15) is 28.3 Å². The molecule has 3 heteroatoms. The van der Waals surface area contributed by atoms with Crippen LogP contribution < -0.4 is 10.5 Å². The highest BCUT2D eigenvalue weighted by Crippen LogP contribution is 2.31. The van der Waals surface area contributed by atoms with Gasteiger partial charge in [0, 0.05) is 16.1 Å². The van der Waals surface area contributed by atoms with Crippen molar-refractivity contribution in [1.82, 2.24) is 0 Å². The van der Waals surface area contributed by atoms with Gasteiger partial charge in [0.1, 0.15) is 5.75 Å². The Morgan fingerprint density at radius 2 is 1.80 bits per heavy atom. The Hall–Kier alpha value is -1.32. The first-order valence-corrected chi connectivity index (χ1v) is 7.45. The molecule has 2 nitrogen and oxygen atoms in total. The van der Waals surface area contributed by atoms with Crippen molar-refractivity contribution in [2.75, 3.05) is 7.11 Å². The third-order valence-corrected chi connectivity index (χ3v) is 4.34. The molecule has 2 aromatic carbocycles. The van der Waals surface area contributed by atoms with E-state index in [4.69, 9.17) is 10.5 Å². The minimum atomic E-state index is -0.0791. The molecule has 1 unspecified atom stereocenters.